The van der Waals surface area contributed by atoms with Crippen molar-refractivity contribution in [2.45, 2.75) is 25.5 Å². The van der Waals surface area contributed by atoms with Gasteiger partial charge in [0, 0.05) is 13.6 Å². The normalized spacial score (nSPS) is 11.6. The molecule has 1 aromatic rings. The van der Waals surface area contributed by atoms with Crippen molar-refractivity contribution in [3.05, 3.63) is 48.6 Å². The molecule has 1 amide bonds. The fourth-order valence-corrected chi connectivity index (χ4v) is 2.03. The highest BCUT2D eigenvalue weighted by atomic mass is 35.5. The molecule has 1 N–H and O–H groups in total. The second kappa shape index (κ2) is 11.5. The minimum absolute atomic E-state index is 0.0888. The summed E-state index contributed by atoms with van der Waals surface area (Å²) in [5, 5.41) is 2.54. The van der Waals surface area contributed by atoms with Gasteiger partial charge in [0.05, 0.1) is 0 Å². The zero-order valence-corrected chi connectivity index (χ0v) is 14.5. The van der Waals surface area contributed by atoms with E-state index in [4.69, 9.17) is 21.3 Å². The predicted octanol–water partition coefficient (Wildman–Crippen LogP) is 2.88. The Hall–Kier alpha value is -2.05. The summed E-state index contributed by atoms with van der Waals surface area (Å²) in [5.41, 5.74) is 0.863. The lowest BCUT2D eigenvalue weighted by atomic mass is 10.1. The van der Waals surface area contributed by atoms with Crippen LogP contribution in [0, 0.1) is 0 Å². The van der Waals surface area contributed by atoms with E-state index in [1.807, 2.05) is 30.3 Å². The van der Waals surface area contributed by atoms with Crippen LogP contribution in [0.5, 0.6) is 0 Å². The Balaban J connectivity index is 2.49. The lowest BCUT2D eigenvalue weighted by molar-refractivity contribution is -0.145. The zero-order valence-electron chi connectivity index (χ0n) is 13.7. The third-order valence-electron chi connectivity index (χ3n) is 3.09. The Morgan fingerprint density at radius 3 is 2.67 bits per heavy atom. The topological polar surface area (TPSA) is 67.9 Å². The summed E-state index contributed by atoms with van der Waals surface area (Å²) in [7, 11) is 1.72. The molecule has 7 heteroatoms. The number of amides is 1. The summed E-state index contributed by atoms with van der Waals surface area (Å²) in [5.74, 6) is -0.524. The van der Waals surface area contributed by atoms with E-state index in [-0.39, 0.29) is 13.2 Å². The summed E-state index contributed by atoms with van der Waals surface area (Å²) in [6, 6.07) is 8.50. The number of ether oxygens (including phenoxy) is 2. The SMILES string of the molecule is C=CCOC(=O)[C@H](CCCN(C)Cl)NC(=O)OCc1ccccc1. The van der Waals surface area contributed by atoms with Crippen LogP contribution in [-0.2, 0) is 20.9 Å². The quantitative estimate of drug-likeness (QED) is 0.397. The number of hydrogen-bond acceptors (Lipinski definition) is 5. The number of alkyl carbamates (subject to hydrolysis) is 1. The highest BCUT2D eigenvalue weighted by molar-refractivity contribution is 6.13. The summed E-state index contributed by atoms with van der Waals surface area (Å²) in [4.78, 5) is 23.9. The van der Waals surface area contributed by atoms with Gasteiger partial charge in [-0.2, -0.15) is 0 Å². The van der Waals surface area contributed by atoms with Crippen LogP contribution in [0.2, 0.25) is 0 Å². The Bertz CT molecular complexity index is 523. The molecule has 0 aromatic heterocycles. The molecule has 1 rings (SSSR count). The average Bonchev–Trinajstić information content (AvgIpc) is 2.57. The summed E-state index contributed by atoms with van der Waals surface area (Å²) in [6.45, 7) is 4.28. The van der Waals surface area contributed by atoms with Crippen molar-refractivity contribution < 1.29 is 19.1 Å². The molecule has 0 saturated heterocycles. The fraction of sp³-hybridized carbons (Fsp3) is 0.412. The molecule has 0 aliphatic carbocycles. The first-order valence-electron chi connectivity index (χ1n) is 7.64. The predicted molar refractivity (Wildman–Crippen MR) is 92.4 cm³/mol. The van der Waals surface area contributed by atoms with Gasteiger partial charge in [-0.05, 0) is 30.2 Å². The first kappa shape index (κ1) is 20.0. The van der Waals surface area contributed by atoms with E-state index in [9.17, 15) is 9.59 Å². The Morgan fingerprint density at radius 1 is 1.33 bits per heavy atom. The van der Waals surface area contributed by atoms with Crippen LogP contribution in [0.25, 0.3) is 0 Å². The minimum Gasteiger partial charge on any atom is -0.460 e. The molecule has 1 aromatic carbocycles. The molecule has 0 radical (unpaired) electrons. The number of hydrogen-bond donors (Lipinski definition) is 1. The van der Waals surface area contributed by atoms with Gasteiger partial charge in [-0.3, -0.25) is 0 Å². The molecular weight excluding hydrogens is 332 g/mol. The van der Waals surface area contributed by atoms with Crippen molar-refractivity contribution in [1.29, 1.82) is 0 Å². The highest BCUT2D eigenvalue weighted by Gasteiger charge is 2.22. The molecule has 0 spiro atoms. The van der Waals surface area contributed by atoms with E-state index < -0.39 is 18.1 Å². The van der Waals surface area contributed by atoms with Crippen molar-refractivity contribution in [3.8, 4) is 0 Å². The maximum absolute atomic E-state index is 12.0. The van der Waals surface area contributed by atoms with Crippen molar-refractivity contribution in [3.63, 3.8) is 0 Å². The van der Waals surface area contributed by atoms with Crippen LogP contribution in [-0.4, -0.2) is 42.7 Å². The first-order chi connectivity index (χ1) is 11.5. The number of carbonyl (C=O) groups is 2. The highest BCUT2D eigenvalue weighted by Crippen LogP contribution is 2.05. The van der Waals surface area contributed by atoms with Crippen LogP contribution in [0.15, 0.2) is 43.0 Å². The van der Waals surface area contributed by atoms with Gasteiger partial charge in [0.15, 0.2) is 0 Å². The lowest BCUT2D eigenvalue weighted by Gasteiger charge is -2.17. The standard InChI is InChI=1S/C17H23ClN2O4/c1-3-12-23-16(21)15(10-7-11-20(2)18)19-17(22)24-13-14-8-5-4-6-9-14/h3-6,8-9,15H,1,7,10-13H2,2H3,(H,19,22)/t15-/m0/s1. The van der Waals surface area contributed by atoms with Gasteiger partial charge in [-0.15, -0.1) is 0 Å². The lowest BCUT2D eigenvalue weighted by Crippen LogP contribution is -2.42. The summed E-state index contributed by atoms with van der Waals surface area (Å²) in [6.07, 6.45) is 1.81. The van der Waals surface area contributed by atoms with E-state index in [1.165, 1.54) is 10.5 Å². The molecule has 0 unspecified atom stereocenters. The van der Waals surface area contributed by atoms with Crippen LogP contribution < -0.4 is 5.32 Å². The van der Waals surface area contributed by atoms with Gasteiger partial charge in [0.1, 0.15) is 19.3 Å². The maximum atomic E-state index is 12.0. The van der Waals surface area contributed by atoms with Gasteiger partial charge >= 0.3 is 12.1 Å². The molecule has 0 bridgehead atoms. The molecule has 132 valence electrons. The van der Waals surface area contributed by atoms with Gasteiger partial charge < -0.3 is 14.8 Å². The van der Waals surface area contributed by atoms with Crippen LogP contribution in [0.1, 0.15) is 18.4 Å². The van der Waals surface area contributed by atoms with Crippen LogP contribution in [0.3, 0.4) is 0 Å². The first-order valence-corrected chi connectivity index (χ1v) is 7.98. The van der Waals surface area contributed by atoms with E-state index in [0.29, 0.717) is 19.4 Å². The third kappa shape index (κ3) is 8.55. The Morgan fingerprint density at radius 2 is 2.04 bits per heavy atom. The molecule has 0 aliphatic heterocycles. The van der Waals surface area contributed by atoms with Crippen LogP contribution >= 0.6 is 11.8 Å². The van der Waals surface area contributed by atoms with Crippen molar-refractivity contribution in [1.82, 2.24) is 9.74 Å². The Labute approximate surface area is 147 Å². The number of esters is 1. The van der Waals surface area contributed by atoms with E-state index in [2.05, 4.69) is 11.9 Å². The smallest absolute Gasteiger partial charge is 0.408 e. The number of nitrogens with zero attached hydrogens (tertiary/aromatic N) is 1. The molecule has 0 heterocycles. The second-order valence-electron chi connectivity index (χ2n) is 5.15. The second-order valence-corrected chi connectivity index (χ2v) is 5.73. The largest absolute Gasteiger partial charge is 0.460 e. The van der Waals surface area contributed by atoms with Gasteiger partial charge in [0.2, 0.25) is 0 Å². The maximum Gasteiger partial charge on any atom is 0.408 e. The van der Waals surface area contributed by atoms with Crippen molar-refractivity contribution >= 4 is 23.8 Å². The zero-order chi connectivity index (χ0) is 17.8. The molecule has 6 nitrogen and oxygen atoms in total. The molecule has 24 heavy (non-hydrogen) atoms. The summed E-state index contributed by atoms with van der Waals surface area (Å²) >= 11 is 5.74. The molecule has 0 saturated carbocycles. The molecular formula is C17H23ClN2O4. The number of benzene rings is 1. The van der Waals surface area contributed by atoms with Crippen molar-refractivity contribution in [2.24, 2.45) is 0 Å². The van der Waals surface area contributed by atoms with Gasteiger partial charge in [-0.1, -0.05) is 43.0 Å². The Kier molecular flexibility index (Phi) is 9.56. The average molecular weight is 355 g/mol. The number of halogens is 1. The number of carbonyl (C=O) groups excluding carboxylic acids is 2. The van der Waals surface area contributed by atoms with E-state index in [1.54, 1.807) is 7.05 Å². The van der Waals surface area contributed by atoms with Gasteiger partial charge in [0.25, 0.3) is 0 Å². The summed E-state index contributed by atoms with van der Waals surface area (Å²) < 4.78 is 11.6. The monoisotopic (exact) mass is 354 g/mol. The number of rotatable bonds is 10. The molecule has 1 atom stereocenters. The molecule has 0 aliphatic rings. The third-order valence-corrected chi connectivity index (χ3v) is 3.26. The van der Waals surface area contributed by atoms with Gasteiger partial charge in [-0.25, -0.2) is 14.0 Å². The van der Waals surface area contributed by atoms with E-state index >= 15 is 0 Å². The molecule has 0 fully saturated rings. The van der Waals surface area contributed by atoms with E-state index in [0.717, 1.165) is 5.56 Å². The minimum atomic E-state index is -0.787. The number of nitrogens with one attached hydrogen (secondary N) is 1. The van der Waals surface area contributed by atoms with Crippen LogP contribution in [0.4, 0.5) is 4.79 Å². The van der Waals surface area contributed by atoms with Crippen molar-refractivity contribution in [2.75, 3.05) is 20.2 Å². The fourth-order valence-electron chi connectivity index (χ4n) is 1.91.